The molecule has 0 bridgehead atoms. The molecule has 0 unspecified atom stereocenters. The van der Waals surface area contributed by atoms with Crippen LogP contribution in [0.15, 0.2) is 28.7 Å². The summed E-state index contributed by atoms with van der Waals surface area (Å²) in [6, 6.07) is 7.47. The molecule has 2 rings (SSSR count). The monoisotopic (exact) mass is 408 g/mol. The van der Waals surface area contributed by atoms with Gasteiger partial charge in [-0.15, -0.1) is 10.2 Å². The summed E-state index contributed by atoms with van der Waals surface area (Å²) in [6.45, 7) is 5.55. The van der Waals surface area contributed by atoms with Crippen molar-refractivity contribution in [2.75, 3.05) is 13.6 Å². The average Bonchev–Trinajstić information content (AvgIpc) is 2.94. The van der Waals surface area contributed by atoms with E-state index in [1.54, 1.807) is 7.05 Å². The van der Waals surface area contributed by atoms with E-state index in [4.69, 9.17) is 0 Å². The van der Waals surface area contributed by atoms with Crippen molar-refractivity contribution in [3.63, 3.8) is 0 Å². The highest BCUT2D eigenvalue weighted by molar-refractivity contribution is 9.10. The van der Waals surface area contributed by atoms with Crippen LogP contribution in [0.4, 0.5) is 0 Å². The molecule has 1 N–H and O–H groups in total. The third-order valence-electron chi connectivity index (χ3n) is 3.15. The second kappa shape index (κ2) is 7.73. The number of rotatable bonds is 5. The second-order valence-electron chi connectivity index (χ2n) is 6.70. The van der Waals surface area contributed by atoms with E-state index in [1.165, 1.54) is 9.70 Å². The molecule has 0 spiro atoms. The van der Waals surface area contributed by atoms with Gasteiger partial charge in [-0.3, -0.25) is 9.59 Å². The van der Waals surface area contributed by atoms with Crippen molar-refractivity contribution in [2.24, 2.45) is 0 Å². The fourth-order valence-electron chi connectivity index (χ4n) is 2.03. The number of halogens is 1. The van der Waals surface area contributed by atoms with E-state index in [0.717, 1.165) is 10.0 Å². The number of benzene rings is 1. The summed E-state index contributed by atoms with van der Waals surface area (Å²) < 4.78 is 0.953. The zero-order chi connectivity index (χ0) is 18.6. The van der Waals surface area contributed by atoms with Gasteiger partial charge in [0.1, 0.15) is 6.54 Å². The molecule has 2 amide bonds. The Morgan fingerprint density at radius 3 is 2.48 bits per heavy atom. The summed E-state index contributed by atoms with van der Waals surface area (Å²) in [7, 11) is 1.57. The smallest absolute Gasteiger partial charge is 0.246 e. The van der Waals surface area contributed by atoms with Gasteiger partial charge in [0, 0.05) is 22.6 Å². The van der Waals surface area contributed by atoms with E-state index >= 15 is 0 Å². The summed E-state index contributed by atoms with van der Waals surface area (Å²) in [5.41, 5.74) is 0.466. The molecule has 9 heteroatoms. The number of carbonyl (C=O) groups is 2. The van der Waals surface area contributed by atoms with Crippen LogP contribution in [0.2, 0.25) is 0 Å². The maximum absolute atomic E-state index is 12.2. The lowest BCUT2D eigenvalue weighted by atomic mass is 10.1. The Morgan fingerprint density at radius 2 is 1.88 bits per heavy atom. The standard InChI is InChI=1S/C16H21BrN6O2/c1-16(2,3)18-13(24)9-22(4)14(25)10-23-20-15(19-21-23)11-5-7-12(17)8-6-11/h5-8H,9-10H2,1-4H3,(H,18,24). The van der Waals surface area contributed by atoms with E-state index in [1.807, 2.05) is 45.0 Å². The number of hydrogen-bond donors (Lipinski definition) is 1. The lowest BCUT2D eigenvalue weighted by molar-refractivity contribution is -0.136. The van der Waals surface area contributed by atoms with Crippen LogP contribution in [0.3, 0.4) is 0 Å². The summed E-state index contributed by atoms with van der Waals surface area (Å²) >= 11 is 3.36. The van der Waals surface area contributed by atoms with Crippen LogP contribution in [0, 0.1) is 0 Å². The van der Waals surface area contributed by atoms with Crippen LogP contribution < -0.4 is 5.32 Å². The number of carbonyl (C=O) groups excluding carboxylic acids is 2. The molecule has 0 aliphatic rings. The van der Waals surface area contributed by atoms with Crippen LogP contribution in [0.1, 0.15) is 20.8 Å². The number of aromatic nitrogens is 4. The average molecular weight is 409 g/mol. The number of nitrogens with one attached hydrogen (secondary N) is 1. The zero-order valence-electron chi connectivity index (χ0n) is 14.7. The predicted octanol–water partition coefficient (Wildman–Crippen LogP) is 1.48. The maximum atomic E-state index is 12.2. The topological polar surface area (TPSA) is 93.0 Å². The van der Waals surface area contributed by atoms with Crippen molar-refractivity contribution >= 4 is 27.7 Å². The first-order valence-corrected chi connectivity index (χ1v) is 8.52. The number of hydrogen-bond acceptors (Lipinski definition) is 5. The van der Waals surface area contributed by atoms with Crippen molar-refractivity contribution in [2.45, 2.75) is 32.9 Å². The molecule has 1 aromatic heterocycles. The van der Waals surface area contributed by atoms with Crippen molar-refractivity contribution in [3.05, 3.63) is 28.7 Å². The molecule has 25 heavy (non-hydrogen) atoms. The molecule has 8 nitrogen and oxygen atoms in total. The molecule has 1 heterocycles. The van der Waals surface area contributed by atoms with Crippen LogP contribution in [0.25, 0.3) is 11.4 Å². The van der Waals surface area contributed by atoms with E-state index < -0.39 is 0 Å². The molecule has 2 aromatic rings. The Hall–Kier alpha value is -2.29. The molecule has 0 aliphatic carbocycles. The molecular formula is C16H21BrN6O2. The number of amides is 2. The van der Waals surface area contributed by atoms with Crippen molar-refractivity contribution in [1.29, 1.82) is 0 Å². The van der Waals surface area contributed by atoms with Crippen LogP contribution >= 0.6 is 15.9 Å². The van der Waals surface area contributed by atoms with Gasteiger partial charge in [0.2, 0.25) is 17.6 Å². The summed E-state index contributed by atoms with van der Waals surface area (Å²) in [5, 5.41) is 14.9. The third-order valence-corrected chi connectivity index (χ3v) is 3.68. The lowest BCUT2D eigenvalue weighted by Gasteiger charge is -2.23. The molecule has 0 fully saturated rings. The second-order valence-corrected chi connectivity index (χ2v) is 7.61. The van der Waals surface area contributed by atoms with E-state index in [9.17, 15) is 9.59 Å². The van der Waals surface area contributed by atoms with Crippen LogP contribution in [-0.4, -0.2) is 56.1 Å². The van der Waals surface area contributed by atoms with Crippen LogP contribution in [0.5, 0.6) is 0 Å². The number of tetrazole rings is 1. The minimum atomic E-state index is -0.339. The van der Waals surface area contributed by atoms with Crippen molar-refractivity contribution in [1.82, 2.24) is 30.4 Å². The van der Waals surface area contributed by atoms with Gasteiger partial charge in [0.05, 0.1) is 6.54 Å². The highest BCUT2D eigenvalue weighted by atomic mass is 79.9. The fourth-order valence-corrected chi connectivity index (χ4v) is 2.29. The SMILES string of the molecule is CN(CC(=O)NC(C)(C)C)C(=O)Cn1nnc(-c2ccc(Br)cc2)n1. The highest BCUT2D eigenvalue weighted by Crippen LogP contribution is 2.17. The molecule has 0 radical (unpaired) electrons. The molecule has 0 atom stereocenters. The van der Waals surface area contributed by atoms with E-state index in [0.29, 0.717) is 5.82 Å². The Labute approximate surface area is 154 Å². The number of nitrogens with zero attached hydrogens (tertiary/aromatic N) is 5. The molecule has 0 saturated heterocycles. The van der Waals surface area contributed by atoms with Crippen LogP contribution in [-0.2, 0) is 16.1 Å². The van der Waals surface area contributed by atoms with Gasteiger partial charge in [-0.2, -0.15) is 4.80 Å². The predicted molar refractivity (Wildman–Crippen MR) is 96.5 cm³/mol. The maximum Gasteiger partial charge on any atom is 0.246 e. The zero-order valence-corrected chi connectivity index (χ0v) is 16.2. The number of likely N-dealkylation sites (N-methyl/N-ethyl adjacent to an activating group) is 1. The molecule has 0 saturated carbocycles. The quantitative estimate of drug-likeness (QED) is 0.808. The Bertz CT molecular complexity index is 751. The van der Waals surface area contributed by atoms with Gasteiger partial charge in [0.25, 0.3) is 0 Å². The first-order valence-electron chi connectivity index (χ1n) is 7.73. The van der Waals surface area contributed by atoms with Gasteiger partial charge in [-0.25, -0.2) is 0 Å². The first-order chi connectivity index (χ1) is 11.6. The molecular weight excluding hydrogens is 388 g/mol. The Morgan fingerprint density at radius 1 is 1.24 bits per heavy atom. The van der Waals surface area contributed by atoms with E-state index in [-0.39, 0.29) is 30.4 Å². The van der Waals surface area contributed by atoms with Gasteiger partial charge in [-0.1, -0.05) is 15.9 Å². The summed E-state index contributed by atoms with van der Waals surface area (Å²) in [6.07, 6.45) is 0. The fraction of sp³-hybridized carbons (Fsp3) is 0.438. The minimum Gasteiger partial charge on any atom is -0.350 e. The van der Waals surface area contributed by atoms with Gasteiger partial charge < -0.3 is 10.2 Å². The highest BCUT2D eigenvalue weighted by Gasteiger charge is 2.19. The molecule has 134 valence electrons. The van der Waals surface area contributed by atoms with E-state index in [2.05, 4.69) is 36.7 Å². The molecule has 1 aromatic carbocycles. The normalized spacial score (nSPS) is 11.2. The van der Waals surface area contributed by atoms with Crippen molar-refractivity contribution < 1.29 is 9.59 Å². The first kappa shape index (κ1) is 19.0. The van der Waals surface area contributed by atoms with Gasteiger partial charge in [-0.05, 0) is 50.3 Å². The third kappa shape index (κ3) is 5.93. The molecule has 0 aliphatic heterocycles. The Balaban J connectivity index is 1.94. The van der Waals surface area contributed by atoms with Crippen molar-refractivity contribution in [3.8, 4) is 11.4 Å². The summed E-state index contributed by atoms with van der Waals surface area (Å²) in [4.78, 5) is 26.7. The largest absolute Gasteiger partial charge is 0.350 e. The van der Waals surface area contributed by atoms with Gasteiger partial charge in [0.15, 0.2) is 0 Å². The lowest BCUT2D eigenvalue weighted by Crippen LogP contribution is -2.46. The minimum absolute atomic E-state index is 0.0234. The summed E-state index contributed by atoms with van der Waals surface area (Å²) in [5.74, 6) is -0.0531. The Kier molecular flexibility index (Phi) is 5.89. The van der Waals surface area contributed by atoms with Gasteiger partial charge >= 0.3 is 0 Å².